The number of likely N-dealkylation sites (N-methyl/N-ethyl adjacent to an activating group) is 1. The second-order valence-corrected chi connectivity index (χ2v) is 9.04. The quantitative estimate of drug-likeness (QED) is 0.453. The van der Waals surface area contributed by atoms with E-state index in [1.807, 2.05) is 24.3 Å². The number of rotatable bonds is 4. The van der Waals surface area contributed by atoms with E-state index in [0.29, 0.717) is 5.56 Å². The SMILES string of the molecule is Cc1cccc(-c2ccc3nc(-c4ccc(C#N)cc4)c(CN4CCCN(C)CC4)n3c2)c1. The summed E-state index contributed by atoms with van der Waals surface area (Å²) in [6.45, 7) is 7.34. The van der Waals surface area contributed by atoms with Crippen LogP contribution in [-0.2, 0) is 6.54 Å². The fraction of sp³-hybridized carbons (Fsp3) is 0.286. The maximum Gasteiger partial charge on any atom is 0.137 e. The Morgan fingerprint density at radius 3 is 2.52 bits per heavy atom. The first-order valence-electron chi connectivity index (χ1n) is 11.6. The number of aromatic nitrogens is 2. The van der Waals surface area contributed by atoms with Gasteiger partial charge in [0.2, 0.25) is 0 Å². The van der Waals surface area contributed by atoms with Gasteiger partial charge in [-0.15, -0.1) is 0 Å². The summed E-state index contributed by atoms with van der Waals surface area (Å²) in [6, 6.07) is 22.9. The molecular formula is C28H29N5. The summed E-state index contributed by atoms with van der Waals surface area (Å²) in [4.78, 5) is 9.99. The van der Waals surface area contributed by atoms with Crippen LogP contribution in [0.3, 0.4) is 0 Å². The molecule has 0 radical (unpaired) electrons. The lowest BCUT2D eigenvalue weighted by atomic mass is 10.1. The first-order chi connectivity index (χ1) is 16.1. The molecule has 33 heavy (non-hydrogen) atoms. The van der Waals surface area contributed by atoms with Crippen LogP contribution in [0.4, 0.5) is 0 Å². The maximum absolute atomic E-state index is 9.21. The molecule has 0 amide bonds. The zero-order valence-corrected chi connectivity index (χ0v) is 19.3. The second kappa shape index (κ2) is 9.19. The van der Waals surface area contributed by atoms with Gasteiger partial charge in [-0.3, -0.25) is 4.90 Å². The fourth-order valence-electron chi connectivity index (χ4n) is 4.64. The monoisotopic (exact) mass is 435 g/mol. The number of pyridine rings is 1. The molecular weight excluding hydrogens is 406 g/mol. The van der Waals surface area contributed by atoms with Gasteiger partial charge in [-0.05, 0) is 68.9 Å². The smallest absolute Gasteiger partial charge is 0.137 e. The Hall–Kier alpha value is -3.46. The van der Waals surface area contributed by atoms with Crippen LogP contribution in [0.1, 0.15) is 23.2 Å². The van der Waals surface area contributed by atoms with Gasteiger partial charge < -0.3 is 9.30 Å². The highest BCUT2D eigenvalue weighted by atomic mass is 15.2. The number of benzene rings is 2. The Bertz CT molecular complexity index is 1310. The van der Waals surface area contributed by atoms with Gasteiger partial charge in [0.1, 0.15) is 5.65 Å². The van der Waals surface area contributed by atoms with Crippen molar-refractivity contribution < 1.29 is 0 Å². The van der Waals surface area contributed by atoms with Gasteiger partial charge in [-0.2, -0.15) is 5.26 Å². The van der Waals surface area contributed by atoms with E-state index in [4.69, 9.17) is 4.98 Å². The molecule has 1 saturated heterocycles. The lowest BCUT2D eigenvalue weighted by molar-refractivity contribution is 0.266. The highest BCUT2D eigenvalue weighted by molar-refractivity contribution is 5.70. The molecule has 0 saturated carbocycles. The minimum absolute atomic E-state index is 0.668. The summed E-state index contributed by atoms with van der Waals surface area (Å²) >= 11 is 0. The van der Waals surface area contributed by atoms with Gasteiger partial charge in [-0.1, -0.05) is 42.0 Å². The molecule has 3 heterocycles. The van der Waals surface area contributed by atoms with Gasteiger partial charge in [0.25, 0.3) is 0 Å². The number of hydrogen-bond donors (Lipinski definition) is 0. The van der Waals surface area contributed by atoms with Crippen LogP contribution < -0.4 is 0 Å². The number of fused-ring (bicyclic) bond motifs is 1. The van der Waals surface area contributed by atoms with Crippen molar-refractivity contribution in [3.8, 4) is 28.5 Å². The molecule has 5 heteroatoms. The maximum atomic E-state index is 9.21. The van der Waals surface area contributed by atoms with Crippen molar-refractivity contribution >= 4 is 5.65 Å². The number of hydrogen-bond acceptors (Lipinski definition) is 4. The van der Waals surface area contributed by atoms with E-state index in [1.54, 1.807) is 0 Å². The Morgan fingerprint density at radius 1 is 0.909 bits per heavy atom. The van der Waals surface area contributed by atoms with E-state index < -0.39 is 0 Å². The van der Waals surface area contributed by atoms with Crippen molar-refractivity contribution in [1.29, 1.82) is 5.26 Å². The molecule has 2 aromatic heterocycles. The third-order valence-electron chi connectivity index (χ3n) is 6.54. The molecule has 5 rings (SSSR count). The first-order valence-corrected chi connectivity index (χ1v) is 11.6. The number of nitrogens with zero attached hydrogens (tertiary/aromatic N) is 5. The predicted octanol–water partition coefficient (Wildman–Crippen LogP) is 4.99. The zero-order valence-electron chi connectivity index (χ0n) is 19.3. The van der Waals surface area contributed by atoms with Crippen LogP contribution in [0.2, 0.25) is 0 Å². The van der Waals surface area contributed by atoms with Gasteiger partial charge in [0.15, 0.2) is 0 Å². The van der Waals surface area contributed by atoms with Crippen LogP contribution in [-0.4, -0.2) is 52.4 Å². The lowest BCUT2D eigenvalue weighted by Crippen LogP contribution is -2.29. The molecule has 166 valence electrons. The third kappa shape index (κ3) is 4.54. The average molecular weight is 436 g/mol. The lowest BCUT2D eigenvalue weighted by Gasteiger charge is -2.21. The van der Waals surface area contributed by atoms with Crippen molar-refractivity contribution in [2.24, 2.45) is 0 Å². The molecule has 0 aliphatic carbocycles. The van der Waals surface area contributed by atoms with Crippen molar-refractivity contribution in [1.82, 2.24) is 19.2 Å². The first kappa shape index (κ1) is 21.4. The van der Waals surface area contributed by atoms with Crippen molar-refractivity contribution in [2.45, 2.75) is 19.9 Å². The van der Waals surface area contributed by atoms with Crippen molar-refractivity contribution in [2.75, 3.05) is 33.2 Å². The average Bonchev–Trinajstić information content (AvgIpc) is 3.06. The zero-order chi connectivity index (χ0) is 22.8. The number of nitriles is 1. The molecule has 1 aliphatic rings. The molecule has 1 aliphatic heterocycles. The topological polar surface area (TPSA) is 47.6 Å². The van der Waals surface area contributed by atoms with Crippen LogP contribution >= 0.6 is 0 Å². The van der Waals surface area contributed by atoms with E-state index in [9.17, 15) is 5.26 Å². The fourth-order valence-corrected chi connectivity index (χ4v) is 4.64. The number of imidazole rings is 1. The van der Waals surface area contributed by atoms with Gasteiger partial charge in [-0.25, -0.2) is 4.98 Å². The Labute approximate surface area is 195 Å². The summed E-state index contributed by atoms with van der Waals surface area (Å²) in [5, 5.41) is 9.21. The molecule has 0 unspecified atom stereocenters. The Morgan fingerprint density at radius 2 is 1.73 bits per heavy atom. The minimum Gasteiger partial charge on any atom is -0.305 e. The van der Waals surface area contributed by atoms with E-state index in [0.717, 1.165) is 49.6 Å². The second-order valence-electron chi connectivity index (χ2n) is 9.04. The largest absolute Gasteiger partial charge is 0.305 e. The molecule has 0 bridgehead atoms. The van der Waals surface area contributed by atoms with Crippen molar-refractivity contribution in [3.05, 3.63) is 83.7 Å². The van der Waals surface area contributed by atoms with E-state index in [1.165, 1.54) is 28.8 Å². The normalized spacial score (nSPS) is 15.4. The van der Waals surface area contributed by atoms with Gasteiger partial charge >= 0.3 is 0 Å². The predicted molar refractivity (Wildman–Crippen MR) is 133 cm³/mol. The molecule has 0 spiro atoms. The molecule has 4 aromatic rings. The van der Waals surface area contributed by atoms with E-state index in [2.05, 4.69) is 76.8 Å². The van der Waals surface area contributed by atoms with Crippen LogP contribution in [0, 0.1) is 18.3 Å². The molecule has 5 nitrogen and oxygen atoms in total. The number of aryl methyl sites for hydroxylation is 1. The third-order valence-corrected chi connectivity index (χ3v) is 6.54. The minimum atomic E-state index is 0.668. The van der Waals surface area contributed by atoms with Gasteiger partial charge in [0.05, 0.1) is 23.0 Å². The summed E-state index contributed by atoms with van der Waals surface area (Å²) in [6.07, 6.45) is 3.40. The molecule has 0 atom stereocenters. The van der Waals surface area contributed by atoms with Crippen LogP contribution in [0.5, 0.6) is 0 Å². The highest BCUT2D eigenvalue weighted by Gasteiger charge is 2.19. The van der Waals surface area contributed by atoms with Crippen LogP contribution in [0.25, 0.3) is 28.0 Å². The molecule has 1 fully saturated rings. The van der Waals surface area contributed by atoms with Gasteiger partial charge in [0, 0.05) is 31.4 Å². The molecule has 0 N–H and O–H groups in total. The summed E-state index contributed by atoms with van der Waals surface area (Å²) in [5.74, 6) is 0. The van der Waals surface area contributed by atoms with E-state index in [-0.39, 0.29) is 0 Å². The summed E-state index contributed by atoms with van der Waals surface area (Å²) in [7, 11) is 2.20. The Balaban J connectivity index is 1.61. The van der Waals surface area contributed by atoms with Crippen LogP contribution in [0.15, 0.2) is 66.9 Å². The highest BCUT2D eigenvalue weighted by Crippen LogP contribution is 2.29. The Kier molecular flexibility index (Phi) is 5.95. The summed E-state index contributed by atoms with van der Waals surface area (Å²) in [5.41, 5.74) is 8.53. The molecule has 2 aromatic carbocycles. The van der Waals surface area contributed by atoms with Crippen molar-refractivity contribution in [3.63, 3.8) is 0 Å². The van der Waals surface area contributed by atoms with E-state index >= 15 is 0 Å². The standard InChI is InChI=1S/C28H29N5/c1-21-5-3-6-24(17-21)25-11-12-27-30-28(23-9-7-22(18-29)8-10-23)26(33(27)19-25)20-32-14-4-13-31(2)15-16-32/h3,5-12,17,19H,4,13-16,20H2,1-2H3. The summed E-state index contributed by atoms with van der Waals surface area (Å²) < 4.78 is 2.26.